The van der Waals surface area contributed by atoms with Crippen LogP contribution in [0.15, 0.2) is 33.5 Å². The minimum atomic E-state index is -0.533. The fourth-order valence-corrected chi connectivity index (χ4v) is 1.60. The lowest BCUT2D eigenvalue weighted by Gasteiger charge is -1.95. The Labute approximate surface area is 87.1 Å². The zero-order valence-corrected chi connectivity index (χ0v) is 8.61. The van der Waals surface area contributed by atoms with E-state index < -0.39 is 5.76 Å². The van der Waals surface area contributed by atoms with Crippen molar-refractivity contribution in [2.45, 2.75) is 0 Å². The van der Waals surface area contributed by atoms with Gasteiger partial charge in [0.25, 0.3) is 0 Å². The zero-order chi connectivity index (χ0) is 9.26. The van der Waals surface area contributed by atoms with E-state index in [1.165, 1.54) is 0 Å². The molecule has 0 amide bonds. The minimum Gasteiger partial charge on any atom is -0.388 e. The number of aromatic nitrogens is 2. The smallest absolute Gasteiger partial charge is 0.388 e. The highest BCUT2D eigenvalue weighted by Crippen LogP contribution is 2.21. The molecule has 0 saturated heterocycles. The van der Waals surface area contributed by atoms with Crippen LogP contribution in [0, 0.1) is 3.57 Å². The van der Waals surface area contributed by atoms with Gasteiger partial charge >= 0.3 is 5.76 Å². The highest BCUT2D eigenvalue weighted by atomic mass is 127. The Morgan fingerprint density at radius 2 is 2.15 bits per heavy atom. The van der Waals surface area contributed by atoms with Crippen LogP contribution >= 0.6 is 22.6 Å². The molecule has 4 nitrogen and oxygen atoms in total. The van der Waals surface area contributed by atoms with Gasteiger partial charge in [0.2, 0.25) is 5.89 Å². The van der Waals surface area contributed by atoms with Gasteiger partial charge in [-0.3, -0.25) is 0 Å². The lowest BCUT2D eigenvalue weighted by atomic mass is 10.2. The molecular weight excluding hydrogens is 283 g/mol. The van der Waals surface area contributed by atoms with Gasteiger partial charge in [-0.15, -0.1) is 5.10 Å². The lowest BCUT2D eigenvalue weighted by Crippen LogP contribution is -1.93. The maximum Gasteiger partial charge on any atom is 0.434 e. The standard InChI is InChI=1S/C8H5IN2O2/c9-6-4-2-1-3-5(6)7-10-11-8(12)13-7/h1-4H,(H,11,12). The Morgan fingerprint density at radius 3 is 2.77 bits per heavy atom. The van der Waals surface area contributed by atoms with Gasteiger partial charge in [0.05, 0.1) is 5.56 Å². The van der Waals surface area contributed by atoms with E-state index in [2.05, 4.69) is 32.8 Å². The van der Waals surface area contributed by atoms with Crippen LogP contribution in [0.25, 0.3) is 11.5 Å². The van der Waals surface area contributed by atoms with Crippen LogP contribution < -0.4 is 5.76 Å². The fourth-order valence-electron chi connectivity index (χ4n) is 0.980. The van der Waals surface area contributed by atoms with Gasteiger partial charge < -0.3 is 4.42 Å². The second-order valence-corrected chi connectivity index (χ2v) is 3.56. The number of rotatable bonds is 1. The predicted octanol–water partition coefficient (Wildman–Crippen LogP) is 1.63. The second kappa shape index (κ2) is 3.33. The highest BCUT2D eigenvalue weighted by Gasteiger charge is 2.07. The van der Waals surface area contributed by atoms with Crippen molar-refractivity contribution < 1.29 is 4.42 Å². The largest absolute Gasteiger partial charge is 0.434 e. The predicted molar refractivity (Wildman–Crippen MR) is 55.3 cm³/mol. The molecule has 5 heteroatoms. The van der Waals surface area contributed by atoms with E-state index in [0.717, 1.165) is 9.13 Å². The van der Waals surface area contributed by atoms with E-state index >= 15 is 0 Å². The first-order chi connectivity index (χ1) is 6.27. The van der Waals surface area contributed by atoms with Crippen molar-refractivity contribution >= 4 is 22.6 Å². The average molecular weight is 288 g/mol. The van der Waals surface area contributed by atoms with E-state index in [-0.39, 0.29) is 0 Å². The topological polar surface area (TPSA) is 58.9 Å². The first-order valence-corrected chi connectivity index (χ1v) is 4.65. The Bertz CT molecular complexity index is 475. The molecule has 2 rings (SSSR count). The summed E-state index contributed by atoms with van der Waals surface area (Å²) in [5, 5.41) is 5.96. The number of benzene rings is 1. The molecule has 0 unspecified atom stereocenters. The van der Waals surface area contributed by atoms with Crippen molar-refractivity contribution in [2.24, 2.45) is 0 Å². The normalized spacial score (nSPS) is 10.2. The third-order valence-electron chi connectivity index (χ3n) is 1.54. The quantitative estimate of drug-likeness (QED) is 0.811. The summed E-state index contributed by atoms with van der Waals surface area (Å²) in [6.45, 7) is 0. The Morgan fingerprint density at radius 1 is 1.38 bits per heavy atom. The van der Waals surface area contributed by atoms with Crippen LogP contribution in [0.2, 0.25) is 0 Å². The Balaban J connectivity index is 2.58. The van der Waals surface area contributed by atoms with Gasteiger partial charge in [-0.05, 0) is 34.7 Å². The molecular formula is C8H5IN2O2. The molecule has 0 radical (unpaired) electrons. The van der Waals surface area contributed by atoms with Crippen LogP contribution in [0.1, 0.15) is 0 Å². The van der Waals surface area contributed by atoms with E-state index in [0.29, 0.717) is 5.89 Å². The molecule has 66 valence electrons. The number of H-pyrrole nitrogens is 1. The molecule has 0 aliphatic heterocycles. The number of halogens is 1. The Kier molecular flexibility index (Phi) is 2.17. The summed E-state index contributed by atoms with van der Waals surface area (Å²) in [6.07, 6.45) is 0. The minimum absolute atomic E-state index is 0.329. The first-order valence-electron chi connectivity index (χ1n) is 3.58. The molecule has 0 bridgehead atoms. The maximum absolute atomic E-state index is 10.7. The molecule has 1 aromatic heterocycles. The zero-order valence-electron chi connectivity index (χ0n) is 6.45. The van der Waals surface area contributed by atoms with Crippen molar-refractivity contribution in [1.82, 2.24) is 10.2 Å². The third-order valence-corrected chi connectivity index (χ3v) is 2.48. The summed E-state index contributed by atoms with van der Waals surface area (Å²) in [4.78, 5) is 10.7. The lowest BCUT2D eigenvalue weighted by molar-refractivity contribution is 0.526. The third kappa shape index (κ3) is 1.64. The first kappa shape index (κ1) is 8.49. The molecule has 0 fully saturated rings. The number of nitrogens with zero attached hydrogens (tertiary/aromatic N) is 1. The molecule has 2 aromatic rings. The summed E-state index contributed by atoms with van der Waals surface area (Å²) in [5.74, 6) is -0.204. The molecule has 0 aliphatic carbocycles. The van der Waals surface area contributed by atoms with Gasteiger partial charge in [0, 0.05) is 3.57 Å². The van der Waals surface area contributed by atoms with Crippen LogP contribution in [0.4, 0.5) is 0 Å². The van der Waals surface area contributed by atoms with Gasteiger partial charge in [-0.1, -0.05) is 12.1 Å². The number of aromatic amines is 1. The van der Waals surface area contributed by atoms with Crippen LogP contribution in [-0.2, 0) is 0 Å². The summed E-state index contributed by atoms with van der Waals surface area (Å²) in [7, 11) is 0. The number of hydrogen-bond donors (Lipinski definition) is 1. The molecule has 1 aromatic carbocycles. The highest BCUT2D eigenvalue weighted by molar-refractivity contribution is 14.1. The summed E-state index contributed by atoms with van der Waals surface area (Å²) < 4.78 is 5.82. The number of nitrogens with one attached hydrogen (secondary N) is 1. The summed E-state index contributed by atoms with van der Waals surface area (Å²) >= 11 is 2.16. The van der Waals surface area contributed by atoms with Gasteiger partial charge in [-0.2, -0.15) is 0 Å². The molecule has 0 atom stereocenters. The van der Waals surface area contributed by atoms with E-state index in [1.807, 2.05) is 24.3 Å². The van der Waals surface area contributed by atoms with Gasteiger partial charge in [-0.25, -0.2) is 9.89 Å². The molecule has 0 saturated carbocycles. The summed E-state index contributed by atoms with van der Waals surface area (Å²) in [6, 6.07) is 7.55. The maximum atomic E-state index is 10.7. The molecule has 0 aliphatic rings. The van der Waals surface area contributed by atoms with Gasteiger partial charge in [0.15, 0.2) is 0 Å². The summed E-state index contributed by atoms with van der Waals surface area (Å²) in [5.41, 5.74) is 0.821. The number of hydrogen-bond acceptors (Lipinski definition) is 3. The monoisotopic (exact) mass is 288 g/mol. The van der Waals surface area contributed by atoms with Crippen LogP contribution in [0.3, 0.4) is 0 Å². The molecule has 1 N–H and O–H groups in total. The van der Waals surface area contributed by atoms with E-state index in [9.17, 15) is 4.79 Å². The van der Waals surface area contributed by atoms with Crippen molar-refractivity contribution in [3.63, 3.8) is 0 Å². The SMILES string of the molecule is O=c1[nH]nc(-c2ccccc2I)o1. The van der Waals surface area contributed by atoms with Crippen LogP contribution in [0.5, 0.6) is 0 Å². The van der Waals surface area contributed by atoms with E-state index in [4.69, 9.17) is 4.42 Å². The Hall–Kier alpha value is -1.11. The fraction of sp³-hybridized carbons (Fsp3) is 0. The molecule has 1 heterocycles. The molecule has 0 spiro atoms. The van der Waals surface area contributed by atoms with E-state index in [1.54, 1.807) is 0 Å². The van der Waals surface area contributed by atoms with Crippen molar-refractivity contribution in [3.05, 3.63) is 38.4 Å². The van der Waals surface area contributed by atoms with Crippen molar-refractivity contribution in [2.75, 3.05) is 0 Å². The average Bonchev–Trinajstić information content (AvgIpc) is 2.53. The second-order valence-electron chi connectivity index (χ2n) is 2.40. The van der Waals surface area contributed by atoms with Crippen molar-refractivity contribution in [3.8, 4) is 11.5 Å². The van der Waals surface area contributed by atoms with Gasteiger partial charge in [0.1, 0.15) is 0 Å². The van der Waals surface area contributed by atoms with Crippen LogP contribution in [-0.4, -0.2) is 10.2 Å². The van der Waals surface area contributed by atoms with Crippen molar-refractivity contribution in [1.29, 1.82) is 0 Å². The molecule has 13 heavy (non-hydrogen) atoms.